The van der Waals surface area contributed by atoms with Crippen molar-refractivity contribution in [2.24, 2.45) is 0 Å². The van der Waals surface area contributed by atoms with Gasteiger partial charge < -0.3 is 20.7 Å². The zero-order valence-corrected chi connectivity index (χ0v) is 7.53. The zero-order chi connectivity index (χ0) is 10.9. The van der Waals surface area contributed by atoms with E-state index in [1.165, 1.54) is 0 Å². The minimum atomic E-state index is -2.70. The number of anilines is 3. The van der Waals surface area contributed by atoms with Crippen LogP contribution in [0.3, 0.4) is 0 Å². The molecule has 5 N–H and O–H groups in total. The fraction of sp³-hybridized carbons (Fsp3) is 0. The van der Waals surface area contributed by atoms with Crippen LogP contribution in [-0.2, 0) is 11.3 Å². The van der Waals surface area contributed by atoms with E-state index in [1.54, 1.807) is 4.72 Å². The highest BCUT2D eigenvalue weighted by Crippen LogP contribution is 2.30. The van der Waals surface area contributed by atoms with Crippen LogP contribution in [0.25, 0.3) is 0 Å². The first-order chi connectivity index (χ1) is 6.43. The van der Waals surface area contributed by atoms with Gasteiger partial charge in [-0.25, -0.2) is 8.78 Å². The van der Waals surface area contributed by atoms with Crippen LogP contribution in [0.5, 0.6) is 0 Å². The Morgan fingerprint density at radius 3 is 2.50 bits per heavy atom. The number of halogens is 2. The molecule has 1 atom stereocenters. The van der Waals surface area contributed by atoms with Gasteiger partial charge in [0.2, 0.25) is 0 Å². The number of nitrogens with two attached hydrogens (primary N) is 2. The fourth-order valence-corrected chi connectivity index (χ4v) is 1.26. The van der Waals surface area contributed by atoms with Gasteiger partial charge in [-0.15, -0.1) is 0 Å². The number of hydrogen-bond donors (Lipinski definition) is 3. The summed E-state index contributed by atoms with van der Waals surface area (Å²) in [6.07, 6.45) is 0. The third kappa shape index (κ3) is 1.91. The van der Waals surface area contributed by atoms with Gasteiger partial charge in [0.25, 0.3) is 0 Å². The van der Waals surface area contributed by atoms with Crippen molar-refractivity contribution in [1.82, 2.24) is 0 Å². The maximum Gasteiger partial charge on any atom is 0.183 e. The second kappa shape index (κ2) is 3.76. The molecule has 78 valence electrons. The van der Waals surface area contributed by atoms with Gasteiger partial charge >= 0.3 is 0 Å². The highest BCUT2D eigenvalue weighted by molar-refractivity contribution is 7.80. The predicted molar refractivity (Wildman–Crippen MR) is 47.7 cm³/mol. The Morgan fingerprint density at radius 1 is 1.43 bits per heavy atom. The molecule has 5 nitrogen and oxygen atoms in total. The van der Waals surface area contributed by atoms with E-state index in [0.29, 0.717) is 6.07 Å². The Kier molecular flexibility index (Phi) is 2.87. The molecule has 8 heteroatoms. The van der Waals surface area contributed by atoms with Gasteiger partial charge in [-0.2, -0.15) is 0 Å². The van der Waals surface area contributed by atoms with Crippen LogP contribution in [0, 0.1) is 11.6 Å². The Balaban J connectivity index is 3.29. The number of rotatable bonds is 2. The van der Waals surface area contributed by atoms with Crippen LogP contribution in [0.2, 0.25) is 0 Å². The molecule has 0 radical (unpaired) electrons. The normalized spacial score (nSPS) is 12.5. The minimum absolute atomic E-state index is 0.286. The second-order valence-electron chi connectivity index (χ2n) is 2.39. The summed E-state index contributed by atoms with van der Waals surface area (Å²) in [5, 5.41) is 0. The molecule has 0 spiro atoms. The lowest BCUT2D eigenvalue weighted by Crippen LogP contribution is -2.10. The van der Waals surface area contributed by atoms with Crippen LogP contribution >= 0.6 is 0 Å². The van der Waals surface area contributed by atoms with Gasteiger partial charge in [-0.1, -0.05) is 0 Å². The molecule has 1 unspecified atom stereocenters. The molecule has 0 saturated carbocycles. The smallest absolute Gasteiger partial charge is 0.183 e. The molecular formula is C6H6F2N3O2S-. The quantitative estimate of drug-likeness (QED) is 0.495. The van der Waals surface area contributed by atoms with Crippen molar-refractivity contribution in [2.75, 3.05) is 16.2 Å². The number of nitrogen functional groups attached to an aromatic ring is 2. The largest absolute Gasteiger partial charge is 0.755 e. The third-order valence-corrected chi connectivity index (χ3v) is 1.84. The fourth-order valence-electron chi connectivity index (χ4n) is 0.863. The Bertz CT molecular complexity index is 399. The van der Waals surface area contributed by atoms with Crippen molar-refractivity contribution in [3.8, 4) is 0 Å². The molecule has 0 heterocycles. The molecule has 0 aromatic heterocycles. The van der Waals surface area contributed by atoms with Gasteiger partial charge in [0.05, 0.1) is 17.1 Å². The lowest BCUT2D eigenvalue weighted by Gasteiger charge is -2.14. The molecule has 0 bridgehead atoms. The Labute approximate surface area is 80.5 Å². The number of nitrogens with one attached hydrogen (secondary N) is 1. The maximum absolute atomic E-state index is 12.8. The van der Waals surface area contributed by atoms with Crippen molar-refractivity contribution in [3.63, 3.8) is 0 Å². The lowest BCUT2D eigenvalue weighted by atomic mass is 10.2. The molecule has 0 saturated heterocycles. The maximum atomic E-state index is 12.8. The van der Waals surface area contributed by atoms with Crippen LogP contribution in [0.4, 0.5) is 25.8 Å². The molecule has 1 aromatic carbocycles. The molecule has 1 aromatic rings. The monoisotopic (exact) mass is 222 g/mol. The topological polar surface area (TPSA) is 104 Å². The summed E-state index contributed by atoms with van der Waals surface area (Å²) in [6, 6.07) is 0.640. The summed E-state index contributed by atoms with van der Waals surface area (Å²) >= 11 is -2.70. The summed E-state index contributed by atoms with van der Waals surface area (Å²) in [5.41, 5.74) is 8.99. The first kappa shape index (κ1) is 10.7. The Hall–Kier alpha value is -1.41. The molecule has 14 heavy (non-hydrogen) atoms. The zero-order valence-electron chi connectivity index (χ0n) is 6.71. The van der Waals surface area contributed by atoms with E-state index in [9.17, 15) is 17.5 Å². The van der Waals surface area contributed by atoms with Crippen LogP contribution in [-0.4, -0.2) is 8.76 Å². The Morgan fingerprint density at radius 2 is 2.00 bits per heavy atom. The summed E-state index contributed by atoms with van der Waals surface area (Å²) in [6.45, 7) is 0. The van der Waals surface area contributed by atoms with Gasteiger partial charge in [0, 0.05) is 17.3 Å². The van der Waals surface area contributed by atoms with E-state index < -0.39 is 28.6 Å². The molecule has 0 aliphatic rings. The molecule has 0 aliphatic heterocycles. The second-order valence-corrected chi connectivity index (χ2v) is 3.06. The number of benzene rings is 1. The van der Waals surface area contributed by atoms with Crippen molar-refractivity contribution < 1.29 is 17.5 Å². The van der Waals surface area contributed by atoms with E-state index in [4.69, 9.17) is 11.5 Å². The van der Waals surface area contributed by atoms with Crippen LogP contribution in [0.1, 0.15) is 0 Å². The van der Waals surface area contributed by atoms with Crippen molar-refractivity contribution in [3.05, 3.63) is 17.7 Å². The average Bonchev–Trinajstić information content (AvgIpc) is 2.09. The minimum Gasteiger partial charge on any atom is -0.755 e. The molecular weight excluding hydrogens is 216 g/mol. The lowest BCUT2D eigenvalue weighted by molar-refractivity contribution is 0.513. The van der Waals surface area contributed by atoms with Crippen molar-refractivity contribution >= 4 is 28.3 Å². The molecule has 0 aliphatic carbocycles. The standard InChI is InChI=1S/C6H7F2N3O2S/c7-2-1-3(9)6(11-14(12)13)5(10)4(2)8/h1,11H,9-10H2,(H,12,13)/p-1. The first-order valence-electron chi connectivity index (χ1n) is 3.32. The van der Waals surface area contributed by atoms with Crippen LogP contribution in [0.15, 0.2) is 6.07 Å². The molecule has 0 amide bonds. The van der Waals surface area contributed by atoms with Crippen molar-refractivity contribution in [2.45, 2.75) is 0 Å². The SMILES string of the molecule is Nc1cc(F)c(F)c(N)c1NS(=O)[O-]. The van der Waals surface area contributed by atoms with E-state index in [-0.39, 0.29) is 11.4 Å². The molecule has 1 rings (SSSR count). The third-order valence-electron chi connectivity index (χ3n) is 1.47. The van der Waals surface area contributed by atoms with Gasteiger partial charge in [0.1, 0.15) is 0 Å². The summed E-state index contributed by atoms with van der Waals surface area (Å²) in [5.74, 6) is -2.57. The van der Waals surface area contributed by atoms with E-state index in [0.717, 1.165) is 0 Å². The van der Waals surface area contributed by atoms with Gasteiger partial charge in [-0.3, -0.25) is 4.21 Å². The highest BCUT2D eigenvalue weighted by Gasteiger charge is 2.14. The highest BCUT2D eigenvalue weighted by atomic mass is 32.2. The molecule has 0 fully saturated rings. The van der Waals surface area contributed by atoms with E-state index >= 15 is 0 Å². The predicted octanol–water partition coefficient (Wildman–Crippen LogP) is 0.335. The summed E-state index contributed by atoms with van der Waals surface area (Å²) < 4.78 is 47.7. The summed E-state index contributed by atoms with van der Waals surface area (Å²) in [4.78, 5) is 0. The summed E-state index contributed by atoms with van der Waals surface area (Å²) in [7, 11) is 0. The van der Waals surface area contributed by atoms with Gasteiger partial charge in [0.15, 0.2) is 11.6 Å². The average molecular weight is 222 g/mol. The number of hydrogen-bond acceptors (Lipinski definition) is 4. The van der Waals surface area contributed by atoms with Crippen molar-refractivity contribution in [1.29, 1.82) is 0 Å². The van der Waals surface area contributed by atoms with E-state index in [1.807, 2.05) is 0 Å². The first-order valence-corrected chi connectivity index (χ1v) is 4.40. The van der Waals surface area contributed by atoms with E-state index in [2.05, 4.69) is 0 Å². The van der Waals surface area contributed by atoms with Gasteiger partial charge in [-0.05, 0) is 0 Å². The van der Waals surface area contributed by atoms with Crippen LogP contribution < -0.4 is 16.2 Å².